The summed E-state index contributed by atoms with van der Waals surface area (Å²) in [5, 5.41) is 0. The Hall–Kier alpha value is -0.790. The quantitative estimate of drug-likeness (QED) is 0.399. The first kappa shape index (κ1) is 20.3. The number of allylic oxidation sites excluding steroid dienone is 2. The molecular formula is C21H38O2. The normalized spacial score (nSPS) is 21.5. The number of esters is 1. The highest BCUT2D eigenvalue weighted by Crippen LogP contribution is 2.18. The minimum absolute atomic E-state index is 0.0254. The zero-order chi connectivity index (χ0) is 16.6. The maximum atomic E-state index is 11.9. The van der Waals surface area contributed by atoms with Crippen LogP contribution >= 0.6 is 0 Å². The van der Waals surface area contributed by atoms with Gasteiger partial charge in [-0.1, -0.05) is 77.6 Å². The Morgan fingerprint density at radius 3 is 2.04 bits per heavy atom. The number of unbranched alkanes of at least 4 members (excludes halogenated alkanes) is 2. The molecule has 0 heterocycles. The van der Waals surface area contributed by atoms with Gasteiger partial charge in [0, 0.05) is 12.8 Å². The first-order chi connectivity index (χ1) is 11.3. The molecule has 0 unspecified atom stereocenters. The van der Waals surface area contributed by atoms with E-state index in [2.05, 4.69) is 13.0 Å². The number of carbonyl (C=O) groups excluding carboxylic acids is 1. The highest BCUT2D eigenvalue weighted by atomic mass is 16.5. The predicted octanol–water partition coefficient (Wildman–Crippen LogP) is 7.08. The van der Waals surface area contributed by atoms with Crippen LogP contribution in [0.2, 0.25) is 0 Å². The third-order valence-corrected chi connectivity index (χ3v) is 4.73. The van der Waals surface area contributed by atoms with Gasteiger partial charge in [0.25, 0.3) is 0 Å². The van der Waals surface area contributed by atoms with Crippen molar-refractivity contribution in [3.63, 3.8) is 0 Å². The van der Waals surface area contributed by atoms with Crippen LogP contribution in [-0.4, -0.2) is 5.97 Å². The van der Waals surface area contributed by atoms with Crippen molar-refractivity contribution >= 4 is 5.97 Å². The topological polar surface area (TPSA) is 26.3 Å². The molecule has 23 heavy (non-hydrogen) atoms. The van der Waals surface area contributed by atoms with Crippen LogP contribution in [0.1, 0.15) is 116 Å². The highest BCUT2D eigenvalue weighted by Gasteiger charge is 2.07. The molecule has 0 aliphatic heterocycles. The molecule has 1 aliphatic rings. The molecule has 0 saturated carbocycles. The van der Waals surface area contributed by atoms with E-state index in [0.717, 1.165) is 44.3 Å². The van der Waals surface area contributed by atoms with E-state index in [-0.39, 0.29) is 5.97 Å². The Morgan fingerprint density at radius 1 is 0.870 bits per heavy atom. The van der Waals surface area contributed by atoms with Crippen molar-refractivity contribution in [3.05, 3.63) is 11.8 Å². The van der Waals surface area contributed by atoms with Gasteiger partial charge >= 0.3 is 5.97 Å². The summed E-state index contributed by atoms with van der Waals surface area (Å²) in [4.78, 5) is 11.9. The Morgan fingerprint density at radius 2 is 1.43 bits per heavy atom. The first-order valence-corrected chi connectivity index (χ1v) is 10.2. The van der Waals surface area contributed by atoms with Crippen LogP contribution in [0.15, 0.2) is 11.8 Å². The van der Waals surface area contributed by atoms with Crippen molar-refractivity contribution in [1.82, 2.24) is 0 Å². The van der Waals surface area contributed by atoms with Crippen LogP contribution in [0.3, 0.4) is 0 Å². The highest BCUT2D eigenvalue weighted by molar-refractivity contribution is 5.70. The van der Waals surface area contributed by atoms with E-state index >= 15 is 0 Å². The van der Waals surface area contributed by atoms with Crippen LogP contribution in [0.5, 0.6) is 0 Å². The number of hydrogen-bond donors (Lipinski definition) is 0. The molecule has 0 amide bonds. The van der Waals surface area contributed by atoms with E-state index in [0.29, 0.717) is 6.42 Å². The van der Waals surface area contributed by atoms with Crippen LogP contribution in [0, 0.1) is 0 Å². The van der Waals surface area contributed by atoms with Gasteiger partial charge in [-0.05, 0) is 31.8 Å². The van der Waals surface area contributed by atoms with Crippen LogP contribution < -0.4 is 0 Å². The SMILES string of the molecule is CCCCCC(=O)O/C1=C/CCCCCCCCCCCCC1. The first-order valence-electron chi connectivity index (χ1n) is 10.2. The van der Waals surface area contributed by atoms with Crippen LogP contribution in [0.4, 0.5) is 0 Å². The molecule has 0 aromatic carbocycles. The molecule has 2 heteroatoms. The fraction of sp³-hybridized carbons (Fsp3) is 0.857. The molecular weight excluding hydrogens is 284 g/mol. The minimum Gasteiger partial charge on any atom is -0.431 e. The maximum Gasteiger partial charge on any atom is 0.310 e. The Bertz CT molecular complexity index is 320. The predicted molar refractivity (Wildman–Crippen MR) is 98.3 cm³/mol. The minimum atomic E-state index is -0.0254. The molecule has 0 aromatic rings. The molecule has 0 saturated heterocycles. The van der Waals surface area contributed by atoms with Gasteiger partial charge in [-0.25, -0.2) is 0 Å². The van der Waals surface area contributed by atoms with Gasteiger partial charge in [-0.3, -0.25) is 4.79 Å². The summed E-state index contributed by atoms with van der Waals surface area (Å²) in [6.07, 6.45) is 22.7. The molecule has 0 atom stereocenters. The molecule has 134 valence electrons. The molecule has 0 N–H and O–H groups in total. The summed E-state index contributed by atoms with van der Waals surface area (Å²) in [7, 11) is 0. The van der Waals surface area contributed by atoms with E-state index in [1.54, 1.807) is 0 Å². The molecule has 0 aromatic heterocycles. The summed E-state index contributed by atoms with van der Waals surface area (Å²) in [5.74, 6) is 0.920. The van der Waals surface area contributed by atoms with Crippen molar-refractivity contribution in [3.8, 4) is 0 Å². The van der Waals surface area contributed by atoms with Gasteiger partial charge in [0.1, 0.15) is 5.76 Å². The van der Waals surface area contributed by atoms with Gasteiger partial charge in [0.15, 0.2) is 0 Å². The van der Waals surface area contributed by atoms with Gasteiger partial charge in [0.05, 0.1) is 0 Å². The zero-order valence-electron chi connectivity index (χ0n) is 15.4. The number of carbonyl (C=O) groups is 1. The zero-order valence-corrected chi connectivity index (χ0v) is 15.4. The van der Waals surface area contributed by atoms with Crippen molar-refractivity contribution < 1.29 is 9.53 Å². The van der Waals surface area contributed by atoms with Gasteiger partial charge in [0.2, 0.25) is 0 Å². The van der Waals surface area contributed by atoms with Crippen LogP contribution in [0.25, 0.3) is 0 Å². The largest absolute Gasteiger partial charge is 0.431 e. The molecule has 0 spiro atoms. The van der Waals surface area contributed by atoms with Gasteiger partial charge < -0.3 is 4.74 Å². The van der Waals surface area contributed by atoms with Gasteiger partial charge in [-0.15, -0.1) is 0 Å². The van der Waals surface area contributed by atoms with Crippen molar-refractivity contribution in [2.45, 2.75) is 116 Å². The third kappa shape index (κ3) is 12.3. The average Bonchev–Trinajstić information content (AvgIpc) is 2.55. The maximum absolute atomic E-state index is 11.9. The summed E-state index contributed by atoms with van der Waals surface area (Å²) in [5.41, 5.74) is 0. The lowest BCUT2D eigenvalue weighted by atomic mass is 10.1. The van der Waals surface area contributed by atoms with E-state index in [9.17, 15) is 4.79 Å². The second-order valence-electron chi connectivity index (χ2n) is 7.03. The number of hydrogen-bond acceptors (Lipinski definition) is 2. The molecule has 2 nitrogen and oxygen atoms in total. The number of rotatable bonds is 5. The standard InChI is InChI=1S/C21H38O2/c1-2-3-14-19-21(22)23-20-17-15-12-10-8-6-4-5-7-9-11-13-16-18-20/h17H,2-16,18-19H2,1H3/b20-17+. The monoisotopic (exact) mass is 322 g/mol. The summed E-state index contributed by atoms with van der Waals surface area (Å²) < 4.78 is 5.64. The molecule has 0 fully saturated rings. The summed E-state index contributed by atoms with van der Waals surface area (Å²) >= 11 is 0. The molecule has 0 bridgehead atoms. The van der Waals surface area contributed by atoms with E-state index in [1.165, 1.54) is 64.2 Å². The Balaban J connectivity index is 2.37. The lowest BCUT2D eigenvalue weighted by Crippen LogP contribution is -2.04. The van der Waals surface area contributed by atoms with E-state index < -0.39 is 0 Å². The summed E-state index contributed by atoms with van der Waals surface area (Å²) in [6, 6.07) is 0. The Labute approximate surface area is 144 Å². The fourth-order valence-electron chi connectivity index (χ4n) is 3.21. The third-order valence-electron chi connectivity index (χ3n) is 4.73. The molecule has 1 aliphatic carbocycles. The van der Waals surface area contributed by atoms with Crippen LogP contribution in [-0.2, 0) is 9.53 Å². The van der Waals surface area contributed by atoms with E-state index in [1.807, 2.05) is 0 Å². The lowest BCUT2D eigenvalue weighted by Gasteiger charge is -2.09. The van der Waals surface area contributed by atoms with Crippen molar-refractivity contribution in [1.29, 1.82) is 0 Å². The average molecular weight is 323 g/mol. The summed E-state index contributed by atoms with van der Waals surface area (Å²) in [6.45, 7) is 2.16. The smallest absolute Gasteiger partial charge is 0.310 e. The fourth-order valence-corrected chi connectivity index (χ4v) is 3.21. The lowest BCUT2D eigenvalue weighted by molar-refractivity contribution is -0.139. The number of ether oxygens (including phenoxy) is 1. The molecule has 0 radical (unpaired) electrons. The van der Waals surface area contributed by atoms with Crippen molar-refractivity contribution in [2.24, 2.45) is 0 Å². The second kappa shape index (κ2) is 14.8. The van der Waals surface area contributed by atoms with Gasteiger partial charge in [-0.2, -0.15) is 0 Å². The Kier molecular flexibility index (Phi) is 13.0. The molecule has 1 rings (SSSR count). The van der Waals surface area contributed by atoms with Crippen molar-refractivity contribution in [2.75, 3.05) is 0 Å². The second-order valence-corrected chi connectivity index (χ2v) is 7.03. The van der Waals surface area contributed by atoms with E-state index in [4.69, 9.17) is 4.74 Å².